The largest absolute Gasteiger partial charge is 0.421 e. The van der Waals surface area contributed by atoms with Crippen molar-refractivity contribution < 1.29 is 13.5 Å². The molecular formula is C14H8F2N2O. The normalized spacial score (nSPS) is 10.6. The van der Waals surface area contributed by atoms with Gasteiger partial charge in [0.2, 0.25) is 0 Å². The maximum atomic E-state index is 13.4. The van der Waals surface area contributed by atoms with E-state index in [1.807, 2.05) is 18.2 Å². The van der Waals surface area contributed by atoms with Crippen LogP contribution in [0.15, 0.2) is 48.7 Å². The topological polar surface area (TPSA) is 35.0 Å². The first kappa shape index (κ1) is 11.5. The average Bonchev–Trinajstić information content (AvgIpc) is 2.42. The van der Waals surface area contributed by atoms with Crippen molar-refractivity contribution in [2.24, 2.45) is 0 Å². The standard InChI is InChI=1S/C14H8F2N2O/c15-10-5-6-13(11(16)7-10)19-14-17-8-9-3-1-2-4-12(9)18-14/h1-8H. The van der Waals surface area contributed by atoms with Crippen LogP contribution < -0.4 is 4.74 Å². The van der Waals surface area contributed by atoms with E-state index in [1.54, 1.807) is 12.3 Å². The molecule has 0 saturated carbocycles. The Morgan fingerprint density at radius 2 is 1.84 bits per heavy atom. The predicted molar refractivity (Wildman–Crippen MR) is 66.0 cm³/mol. The molecule has 1 heterocycles. The Hall–Kier alpha value is -2.56. The number of para-hydroxylation sites is 1. The highest BCUT2D eigenvalue weighted by molar-refractivity contribution is 5.77. The summed E-state index contributed by atoms with van der Waals surface area (Å²) in [4.78, 5) is 8.11. The number of rotatable bonds is 2. The Morgan fingerprint density at radius 3 is 2.68 bits per heavy atom. The summed E-state index contributed by atoms with van der Waals surface area (Å²) >= 11 is 0. The van der Waals surface area contributed by atoms with Crippen molar-refractivity contribution in [3.8, 4) is 11.8 Å². The van der Waals surface area contributed by atoms with Gasteiger partial charge in [0.15, 0.2) is 11.6 Å². The minimum atomic E-state index is -0.795. The van der Waals surface area contributed by atoms with Crippen molar-refractivity contribution in [3.05, 3.63) is 60.3 Å². The van der Waals surface area contributed by atoms with Crippen LogP contribution in [0.5, 0.6) is 11.8 Å². The van der Waals surface area contributed by atoms with E-state index in [9.17, 15) is 8.78 Å². The third-order valence-electron chi connectivity index (χ3n) is 2.56. The molecule has 0 atom stereocenters. The first-order chi connectivity index (χ1) is 9.22. The van der Waals surface area contributed by atoms with Crippen LogP contribution >= 0.6 is 0 Å². The van der Waals surface area contributed by atoms with Gasteiger partial charge < -0.3 is 4.74 Å². The van der Waals surface area contributed by atoms with Gasteiger partial charge in [-0.2, -0.15) is 4.98 Å². The maximum Gasteiger partial charge on any atom is 0.322 e. The van der Waals surface area contributed by atoms with Crippen molar-refractivity contribution >= 4 is 10.9 Å². The quantitative estimate of drug-likeness (QED) is 0.703. The molecule has 5 heteroatoms. The minimum absolute atomic E-state index is 0.0178. The molecule has 0 bridgehead atoms. The van der Waals surface area contributed by atoms with E-state index in [1.165, 1.54) is 6.07 Å². The summed E-state index contributed by atoms with van der Waals surface area (Å²) in [6.45, 7) is 0. The summed E-state index contributed by atoms with van der Waals surface area (Å²) in [5, 5.41) is 0.856. The molecule has 0 radical (unpaired) electrons. The van der Waals surface area contributed by atoms with Crippen LogP contribution in [0.25, 0.3) is 10.9 Å². The highest BCUT2D eigenvalue weighted by atomic mass is 19.1. The number of benzene rings is 2. The van der Waals surface area contributed by atoms with Gasteiger partial charge in [0, 0.05) is 17.6 Å². The van der Waals surface area contributed by atoms with Crippen LogP contribution in [0.4, 0.5) is 8.78 Å². The zero-order valence-corrected chi connectivity index (χ0v) is 9.68. The van der Waals surface area contributed by atoms with E-state index < -0.39 is 11.6 Å². The van der Waals surface area contributed by atoms with Crippen LogP contribution in [-0.2, 0) is 0 Å². The van der Waals surface area contributed by atoms with Crippen molar-refractivity contribution in [1.82, 2.24) is 9.97 Å². The maximum absolute atomic E-state index is 13.4. The molecule has 0 saturated heterocycles. The Kier molecular flexibility index (Phi) is 2.79. The lowest BCUT2D eigenvalue weighted by Crippen LogP contribution is -1.94. The molecular weight excluding hydrogens is 250 g/mol. The van der Waals surface area contributed by atoms with E-state index in [0.717, 1.165) is 17.5 Å². The van der Waals surface area contributed by atoms with Gasteiger partial charge in [-0.15, -0.1) is 0 Å². The molecule has 3 nitrogen and oxygen atoms in total. The fraction of sp³-hybridized carbons (Fsp3) is 0. The van der Waals surface area contributed by atoms with Gasteiger partial charge in [0.05, 0.1) is 5.52 Å². The Morgan fingerprint density at radius 1 is 1.00 bits per heavy atom. The van der Waals surface area contributed by atoms with E-state index in [-0.39, 0.29) is 11.8 Å². The highest BCUT2D eigenvalue weighted by Crippen LogP contribution is 2.23. The molecule has 94 valence electrons. The molecule has 3 aromatic rings. The molecule has 1 aromatic heterocycles. The minimum Gasteiger partial charge on any atom is -0.421 e. The monoisotopic (exact) mass is 258 g/mol. The zero-order chi connectivity index (χ0) is 13.2. The lowest BCUT2D eigenvalue weighted by atomic mass is 10.2. The van der Waals surface area contributed by atoms with E-state index in [0.29, 0.717) is 5.52 Å². The van der Waals surface area contributed by atoms with Gasteiger partial charge in [-0.3, -0.25) is 0 Å². The lowest BCUT2D eigenvalue weighted by Gasteiger charge is -2.05. The summed E-state index contributed by atoms with van der Waals surface area (Å²) in [6, 6.07) is 10.4. The molecule has 0 N–H and O–H groups in total. The number of hydrogen-bond acceptors (Lipinski definition) is 3. The van der Waals surface area contributed by atoms with Gasteiger partial charge >= 0.3 is 6.01 Å². The van der Waals surface area contributed by atoms with Crippen molar-refractivity contribution in [3.63, 3.8) is 0 Å². The summed E-state index contributed by atoms with van der Waals surface area (Å²) in [6.07, 6.45) is 1.58. The fourth-order valence-corrected chi connectivity index (χ4v) is 1.66. The Bertz CT molecular complexity index is 746. The third kappa shape index (κ3) is 2.35. The SMILES string of the molecule is Fc1ccc(Oc2ncc3ccccc3n2)c(F)c1. The van der Waals surface area contributed by atoms with Gasteiger partial charge in [-0.25, -0.2) is 13.8 Å². The van der Waals surface area contributed by atoms with E-state index in [2.05, 4.69) is 9.97 Å². The number of fused-ring (bicyclic) bond motifs is 1. The van der Waals surface area contributed by atoms with Crippen LogP contribution in [0.1, 0.15) is 0 Å². The smallest absolute Gasteiger partial charge is 0.322 e. The van der Waals surface area contributed by atoms with E-state index >= 15 is 0 Å². The number of halogens is 2. The second-order valence-corrected chi connectivity index (χ2v) is 3.89. The predicted octanol–water partition coefficient (Wildman–Crippen LogP) is 3.70. The number of ether oxygens (including phenoxy) is 1. The van der Waals surface area contributed by atoms with Crippen LogP contribution in [0, 0.1) is 11.6 Å². The van der Waals surface area contributed by atoms with Gasteiger partial charge in [0.1, 0.15) is 5.82 Å². The number of nitrogens with zero attached hydrogens (tertiary/aromatic N) is 2. The second-order valence-electron chi connectivity index (χ2n) is 3.89. The van der Waals surface area contributed by atoms with Gasteiger partial charge in [-0.1, -0.05) is 18.2 Å². The average molecular weight is 258 g/mol. The summed E-state index contributed by atoms with van der Waals surface area (Å²) < 4.78 is 31.4. The first-order valence-electron chi connectivity index (χ1n) is 5.57. The number of hydrogen-bond donors (Lipinski definition) is 0. The molecule has 19 heavy (non-hydrogen) atoms. The second kappa shape index (κ2) is 4.61. The molecule has 3 rings (SSSR count). The molecule has 0 unspecified atom stereocenters. The van der Waals surface area contributed by atoms with Gasteiger partial charge in [0.25, 0.3) is 0 Å². The first-order valence-corrected chi connectivity index (χ1v) is 5.57. The number of aromatic nitrogens is 2. The van der Waals surface area contributed by atoms with Crippen LogP contribution in [-0.4, -0.2) is 9.97 Å². The third-order valence-corrected chi connectivity index (χ3v) is 2.56. The lowest BCUT2D eigenvalue weighted by molar-refractivity contribution is 0.410. The van der Waals surface area contributed by atoms with Crippen molar-refractivity contribution in [2.75, 3.05) is 0 Å². The highest BCUT2D eigenvalue weighted by Gasteiger charge is 2.08. The summed E-state index contributed by atoms with van der Waals surface area (Å²) in [7, 11) is 0. The fourth-order valence-electron chi connectivity index (χ4n) is 1.66. The molecule has 0 aliphatic heterocycles. The van der Waals surface area contributed by atoms with Crippen LogP contribution in [0.3, 0.4) is 0 Å². The Labute approximate surface area is 107 Å². The zero-order valence-electron chi connectivity index (χ0n) is 9.68. The molecule has 0 aliphatic rings. The van der Waals surface area contributed by atoms with Crippen molar-refractivity contribution in [1.29, 1.82) is 0 Å². The molecule has 2 aromatic carbocycles. The van der Waals surface area contributed by atoms with Crippen LogP contribution in [0.2, 0.25) is 0 Å². The molecule has 0 spiro atoms. The summed E-state index contributed by atoms with van der Waals surface area (Å²) in [5.74, 6) is -1.57. The van der Waals surface area contributed by atoms with Crippen molar-refractivity contribution in [2.45, 2.75) is 0 Å². The molecule has 0 aliphatic carbocycles. The molecule has 0 amide bonds. The van der Waals surface area contributed by atoms with E-state index in [4.69, 9.17) is 4.74 Å². The molecule has 0 fully saturated rings. The summed E-state index contributed by atoms with van der Waals surface area (Å²) in [5.41, 5.74) is 0.690. The van der Waals surface area contributed by atoms with Gasteiger partial charge in [-0.05, 0) is 18.2 Å². The Balaban J connectivity index is 1.96.